The third-order valence-electron chi connectivity index (χ3n) is 3.19. The molecule has 3 N–H and O–H groups in total. The molecule has 0 aliphatic rings. The van der Waals surface area contributed by atoms with Crippen LogP contribution in [0, 0.1) is 11.6 Å². The summed E-state index contributed by atoms with van der Waals surface area (Å²) >= 11 is 0. The molecule has 5 heteroatoms. The predicted molar refractivity (Wildman–Crippen MR) is 77.7 cm³/mol. The largest absolute Gasteiger partial charge is 0.378 e. The zero-order valence-corrected chi connectivity index (χ0v) is 11.6. The Morgan fingerprint density at radius 3 is 2.38 bits per heavy atom. The fourth-order valence-electron chi connectivity index (χ4n) is 2.23. The van der Waals surface area contributed by atoms with Crippen molar-refractivity contribution in [3.05, 3.63) is 65.2 Å². The molecule has 2 aromatic carbocycles. The van der Waals surface area contributed by atoms with E-state index in [0.717, 1.165) is 0 Å². The van der Waals surface area contributed by atoms with E-state index in [1.807, 2.05) is 0 Å². The van der Waals surface area contributed by atoms with Gasteiger partial charge in [-0.25, -0.2) is 8.78 Å². The van der Waals surface area contributed by atoms with Crippen LogP contribution in [0.1, 0.15) is 24.1 Å². The summed E-state index contributed by atoms with van der Waals surface area (Å²) in [4.78, 5) is 11.1. The van der Waals surface area contributed by atoms with Crippen LogP contribution in [-0.4, -0.2) is 5.91 Å². The second kappa shape index (κ2) is 6.35. The van der Waals surface area contributed by atoms with Gasteiger partial charge in [0.15, 0.2) is 0 Å². The molecule has 1 unspecified atom stereocenters. The van der Waals surface area contributed by atoms with Crippen LogP contribution in [0.4, 0.5) is 14.5 Å². The van der Waals surface area contributed by atoms with Gasteiger partial charge in [-0.2, -0.15) is 0 Å². The van der Waals surface area contributed by atoms with Gasteiger partial charge in [0.1, 0.15) is 11.6 Å². The SMILES string of the molecule is CC(Nc1ccccc1CC(N)=O)c1c(F)cccc1F. The lowest BCUT2D eigenvalue weighted by Crippen LogP contribution is -2.16. The van der Waals surface area contributed by atoms with Gasteiger partial charge in [0.05, 0.1) is 12.5 Å². The number of carbonyl (C=O) groups excluding carboxylic acids is 1. The van der Waals surface area contributed by atoms with E-state index in [9.17, 15) is 13.6 Å². The van der Waals surface area contributed by atoms with Crippen molar-refractivity contribution < 1.29 is 13.6 Å². The first-order chi connectivity index (χ1) is 9.99. The normalized spacial score (nSPS) is 12.0. The summed E-state index contributed by atoms with van der Waals surface area (Å²) in [6, 6.07) is 10.2. The van der Waals surface area contributed by atoms with E-state index in [2.05, 4.69) is 5.32 Å². The maximum atomic E-state index is 13.8. The molecule has 0 spiro atoms. The third kappa shape index (κ3) is 3.56. The molecule has 3 nitrogen and oxygen atoms in total. The molecule has 2 aromatic rings. The van der Waals surface area contributed by atoms with Gasteiger partial charge in [-0.1, -0.05) is 24.3 Å². The van der Waals surface area contributed by atoms with Crippen LogP contribution in [0.3, 0.4) is 0 Å². The highest BCUT2D eigenvalue weighted by Crippen LogP contribution is 2.26. The molecule has 0 saturated heterocycles. The van der Waals surface area contributed by atoms with Gasteiger partial charge in [0.25, 0.3) is 0 Å². The number of rotatable bonds is 5. The number of amides is 1. The Morgan fingerprint density at radius 1 is 1.14 bits per heavy atom. The van der Waals surface area contributed by atoms with E-state index < -0.39 is 23.6 Å². The highest BCUT2D eigenvalue weighted by molar-refractivity contribution is 5.78. The average molecular weight is 290 g/mol. The summed E-state index contributed by atoms with van der Waals surface area (Å²) in [5, 5.41) is 3.03. The van der Waals surface area contributed by atoms with Crippen molar-refractivity contribution in [3.8, 4) is 0 Å². The molecule has 2 rings (SSSR count). The molecule has 0 heterocycles. The Hall–Kier alpha value is -2.43. The second-order valence-electron chi connectivity index (χ2n) is 4.80. The topological polar surface area (TPSA) is 55.1 Å². The lowest BCUT2D eigenvalue weighted by molar-refractivity contribution is -0.117. The molecule has 0 aliphatic carbocycles. The first-order valence-electron chi connectivity index (χ1n) is 6.55. The van der Waals surface area contributed by atoms with Crippen LogP contribution in [0.25, 0.3) is 0 Å². The minimum Gasteiger partial charge on any atom is -0.378 e. The Balaban J connectivity index is 2.28. The number of primary amides is 1. The van der Waals surface area contributed by atoms with Crippen molar-refractivity contribution in [1.82, 2.24) is 0 Å². The predicted octanol–water partition coefficient (Wildman–Crippen LogP) is 3.17. The Morgan fingerprint density at radius 2 is 1.76 bits per heavy atom. The molecule has 0 fully saturated rings. The quantitative estimate of drug-likeness (QED) is 0.888. The maximum absolute atomic E-state index is 13.8. The molecule has 0 aliphatic heterocycles. The maximum Gasteiger partial charge on any atom is 0.221 e. The molecular weight excluding hydrogens is 274 g/mol. The lowest BCUT2D eigenvalue weighted by atomic mass is 10.0. The average Bonchev–Trinajstić information content (AvgIpc) is 2.40. The van der Waals surface area contributed by atoms with Gasteiger partial charge in [-0.3, -0.25) is 4.79 Å². The minimum atomic E-state index is -0.609. The van der Waals surface area contributed by atoms with Crippen molar-refractivity contribution in [2.24, 2.45) is 5.73 Å². The number of hydrogen-bond donors (Lipinski definition) is 2. The smallest absolute Gasteiger partial charge is 0.221 e. The van der Waals surface area contributed by atoms with Crippen LogP contribution >= 0.6 is 0 Å². The van der Waals surface area contributed by atoms with Crippen LogP contribution in [0.15, 0.2) is 42.5 Å². The Bertz CT molecular complexity index is 638. The molecule has 110 valence electrons. The first-order valence-corrected chi connectivity index (χ1v) is 6.55. The van der Waals surface area contributed by atoms with Crippen molar-refractivity contribution >= 4 is 11.6 Å². The van der Waals surface area contributed by atoms with E-state index >= 15 is 0 Å². The molecule has 0 radical (unpaired) electrons. The molecule has 1 atom stereocenters. The van der Waals surface area contributed by atoms with Gasteiger partial charge >= 0.3 is 0 Å². The molecule has 21 heavy (non-hydrogen) atoms. The molecule has 0 bridgehead atoms. The number of carbonyl (C=O) groups is 1. The summed E-state index contributed by atoms with van der Waals surface area (Å²) in [5.41, 5.74) is 6.48. The van der Waals surface area contributed by atoms with Crippen LogP contribution in [0.5, 0.6) is 0 Å². The fourth-order valence-corrected chi connectivity index (χ4v) is 2.23. The molecular formula is C16H16F2N2O. The van der Waals surface area contributed by atoms with Crippen LogP contribution < -0.4 is 11.1 Å². The van der Waals surface area contributed by atoms with E-state index in [4.69, 9.17) is 5.73 Å². The van der Waals surface area contributed by atoms with E-state index in [-0.39, 0.29) is 12.0 Å². The van der Waals surface area contributed by atoms with Crippen molar-refractivity contribution in [1.29, 1.82) is 0 Å². The lowest BCUT2D eigenvalue weighted by Gasteiger charge is -2.19. The standard InChI is InChI=1S/C16H16F2N2O/c1-10(16-12(17)6-4-7-13(16)18)20-14-8-3-2-5-11(14)9-15(19)21/h2-8,10,20H,9H2,1H3,(H2,19,21). The first kappa shape index (κ1) is 15.0. The second-order valence-corrected chi connectivity index (χ2v) is 4.80. The summed E-state index contributed by atoms with van der Waals surface area (Å²) in [6.45, 7) is 1.66. The number of benzene rings is 2. The van der Waals surface area contributed by atoms with Gasteiger partial charge in [0, 0.05) is 11.3 Å². The monoisotopic (exact) mass is 290 g/mol. The number of hydrogen-bond acceptors (Lipinski definition) is 2. The van der Waals surface area contributed by atoms with Gasteiger partial charge in [0.2, 0.25) is 5.91 Å². The summed E-state index contributed by atoms with van der Waals surface area (Å²) < 4.78 is 27.5. The number of para-hydroxylation sites is 1. The fraction of sp³-hybridized carbons (Fsp3) is 0.188. The Labute approximate surface area is 121 Å². The van der Waals surface area contributed by atoms with E-state index in [0.29, 0.717) is 11.3 Å². The Kier molecular flexibility index (Phi) is 4.52. The zero-order chi connectivity index (χ0) is 15.4. The van der Waals surface area contributed by atoms with Gasteiger partial charge in [-0.15, -0.1) is 0 Å². The van der Waals surface area contributed by atoms with Gasteiger partial charge < -0.3 is 11.1 Å². The zero-order valence-electron chi connectivity index (χ0n) is 11.6. The summed E-state index contributed by atoms with van der Waals surface area (Å²) in [7, 11) is 0. The summed E-state index contributed by atoms with van der Waals surface area (Å²) in [6.07, 6.45) is 0.0651. The van der Waals surface area contributed by atoms with E-state index in [1.165, 1.54) is 18.2 Å². The van der Waals surface area contributed by atoms with Crippen molar-refractivity contribution in [3.63, 3.8) is 0 Å². The number of nitrogens with one attached hydrogen (secondary N) is 1. The van der Waals surface area contributed by atoms with Crippen molar-refractivity contribution in [2.45, 2.75) is 19.4 Å². The highest BCUT2D eigenvalue weighted by Gasteiger charge is 2.17. The number of nitrogens with two attached hydrogens (primary N) is 1. The molecule has 0 aromatic heterocycles. The minimum absolute atomic E-state index is 0.0358. The van der Waals surface area contributed by atoms with Crippen LogP contribution in [0.2, 0.25) is 0 Å². The van der Waals surface area contributed by atoms with Crippen LogP contribution in [-0.2, 0) is 11.2 Å². The number of anilines is 1. The number of halogens is 2. The molecule has 0 saturated carbocycles. The van der Waals surface area contributed by atoms with Crippen molar-refractivity contribution in [2.75, 3.05) is 5.32 Å². The third-order valence-corrected chi connectivity index (χ3v) is 3.19. The highest BCUT2D eigenvalue weighted by atomic mass is 19.1. The summed E-state index contributed by atoms with van der Waals surface area (Å²) in [5.74, 6) is -1.68. The molecule has 1 amide bonds. The van der Waals surface area contributed by atoms with Gasteiger partial charge in [-0.05, 0) is 30.7 Å². The van der Waals surface area contributed by atoms with E-state index in [1.54, 1.807) is 31.2 Å².